The zero-order valence-electron chi connectivity index (χ0n) is 36.9. The molecule has 0 aliphatic carbocycles. The van der Waals surface area contributed by atoms with E-state index in [0.717, 1.165) is 49.0 Å². The first-order valence-electron chi connectivity index (χ1n) is 22.9. The van der Waals surface area contributed by atoms with Crippen molar-refractivity contribution in [1.29, 1.82) is 0 Å². The highest BCUT2D eigenvalue weighted by Crippen LogP contribution is 2.56. The first-order chi connectivity index (χ1) is 33.2. The van der Waals surface area contributed by atoms with Gasteiger partial charge in [-0.1, -0.05) is 253 Å². The molecule has 0 N–H and O–H groups in total. The van der Waals surface area contributed by atoms with Gasteiger partial charge in [-0.3, -0.25) is 0 Å². The number of hydrogen-bond acceptors (Lipinski definition) is 0. The number of halogens is 1. The minimum absolute atomic E-state index is 1.04. The lowest BCUT2D eigenvalue weighted by molar-refractivity contribution is 1.51. The van der Waals surface area contributed by atoms with Crippen molar-refractivity contribution in [2.24, 2.45) is 0 Å². The molecule has 0 bridgehead atoms. The third-order valence-electron chi connectivity index (χ3n) is 12.7. The Bertz CT molecular complexity index is 3300. The third-order valence-corrected chi connectivity index (χ3v) is 13.4. The molecule has 0 spiro atoms. The van der Waals surface area contributed by atoms with E-state index < -0.39 is 0 Å². The second-order valence-corrected chi connectivity index (χ2v) is 17.7. The molecule has 0 aliphatic rings. The van der Waals surface area contributed by atoms with E-state index in [1.54, 1.807) is 0 Å². The predicted octanol–water partition coefficient (Wildman–Crippen LogP) is 19.1. The molecule has 316 valence electrons. The number of benzene rings is 11. The molecule has 11 aromatic rings. The molecule has 0 heterocycles. The van der Waals surface area contributed by atoms with Gasteiger partial charge in [0.25, 0.3) is 0 Å². The molecule has 0 unspecified atom stereocenters. The molecule has 0 aliphatic heterocycles. The first kappa shape index (κ1) is 41.6. The van der Waals surface area contributed by atoms with E-state index in [-0.39, 0.29) is 0 Å². The van der Waals surface area contributed by atoms with E-state index in [4.69, 9.17) is 0 Å². The minimum atomic E-state index is 1.04. The van der Waals surface area contributed by atoms with Crippen molar-refractivity contribution in [3.63, 3.8) is 0 Å². The van der Waals surface area contributed by atoms with Gasteiger partial charge in [-0.05, 0) is 148 Å². The molecular formula is C66H45Br. The SMILES string of the molecule is Brc1ccc(-c2cc(-c3ccccc3)cc(-c3ccccc3)c2)cc1-c1cccc(-c2c(-c3ccccc3)c(-c3ccccc3)c(-c3ccccc3)c(-c3ccccc3)c2-c2ccccc2)c1. The second-order valence-electron chi connectivity index (χ2n) is 16.9. The number of rotatable bonds is 10. The Labute approximate surface area is 402 Å². The van der Waals surface area contributed by atoms with E-state index in [2.05, 4.69) is 289 Å². The van der Waals surface area contributed by atoms with Gasteiger partial charge in [-0.2, -0.15) is 0 Å². The van der Waals surface area contributed by atoms with Crippen LogP contribution < -0.4 is 0 Å². The van der Waals surface area contributed by atoms with Crippen molar-refractivity contribution in [3.8, 4) is 111 Å². The van der Waals surface area contributed by atoms with Gasteiger partial charge in [0.1, 0.15) is 0 Å². The lowest BCUT2D eigenvalue weighted by Crippen LogP contribution is -2.02. The van der Waals surface area contributed by atoms with Gasteiger partial charge in [-0.25, -0.2) is 0 Å². The van der Waals surface area contributed by atoms with Crippen molar-refractivity contribution < 1.29 is 0 Å². The summed E-state index contributed by atoms with van der Waals surface area (Å²) >= 11 is 4.05. The van der Waals surface area contributed by atoms with Gasteiger partial charge in [0.2, 0.25) is 0 Å². The molecule has 0 saturated heterocycles. The van der Waals surface area contributed by atoms with Gasteiger partial charge in [0.05, 0.1) is 0 Å². The van der Waals surface area contributed by atoms with Crippen LogP contribution in [0.25, 0.3) is 111 Å². The van der Waals surface area contributed by atoms with E-state index in [1.807, 2.05) is 0 Å². The molecule has 11 aromatic carbocycles. The van der Waals surface area contributed by atoms with Gasteiger partial charge >= 0.3 is 0 Å². The standard InChI is InChI=1S/C66H45Br/c67-60-40-39-53(58-43-56(46-23-8-1-9-24-46)42-57(44-58)47-25-10-2-11-26-47)45-59(60)54-37-22-38-55(41-54)66-64(51-33-18-6-19-34-51)62(49-29-14-4-15-30-49)61(48-27-12-3-13-28-48)63(50-31-16-5-17-32-50)65(66)52-35-20-7-21-36-52/h1-45H. The minimum Gasteiger partial charge on any atom is -0.0622 e. The molecule has 0 atom stereocenters. The zero-order valence-corrected chi connectivity index (χ0v) is 38.4. The van der Waals surface area contributed by atoms with Gasteiger partial charge in [0, 0.05) is 4.47 Å². The Kier molecular flexibility index (Phi) is 11.7. The number of hydrogen-bond donors (Lipinski definition) is 0. The molecule has 0 amide bonds. The molecule has 0 saturated carbocycles. The van der Waals surface area contributed by atoms with E-state index >= 15 is 0 Å². The average Bonchev–Trinajstić information content (AvgIpc) is 3.42. The van der Waals surface area contributed by atoms with Crippen molar-refractivity contribution in [1.82, 2.24) is 0 Å². The van der Waals surface area contributed by atoms with E-state index in [0.29, 0.717) is 0 Å². The van der Waals surface area contributed by atoms with Crippen molar-refractivity contribution in [2.45, 2.75) is 0 Å². The van der Waals surface area contributed by atoms with Gasteiger partial charge < -0.3 is 0 Å². The quantitative estimate of drug-likeness (QED) is 0.128. The van der Waals surface area contributed by atoms with Crippen molar-refractivity contribution in [2.75, 3.05) is 0 Å². The molecule has 0 nitrogen and oxygen atoms in total. The smallest absolute Gasteiger partial charge is 0.0254 e. The maximum absolute atomic E-state index is 4.05. The lowest BCUT2D eigenvalue weighted by Gasteiger charge is -2.29. The average molecular weight is 918 g/mol. The fourth-order valence-electron chi connectivity index (χ4n) is 9.66. The summed E-state index contributed by atoms with van der Waals surface area (Å²) in [5, 5.41) is 0. The van der Waals surface area contributed by atoms with Crippen LogP contribution in [0.3, 0.4) is 0 Å². The fourth-order valence-corrected chi connectivity index (χ4v) is 10.1. The highest BCUT2D eigenvalue weighted by atomic mass is 79.9. The van der Waals surface area contributed by atoms with Crippen LogP contribution >= 0.6 is 15.9 Å². The monoisotopic (exact) mass is 916 g/mol. The van der Waals surface area contributed by atoms with Crippen LogP contribution in [0.4, 0.5) is 0 Å². The second kappa shape index (κ2) is 18.8. The summed E-state index contributed by atoms with van der Waals surface area (Å²) in [5.41, 5.74) is 23.5. The molecule has 0 aromatic heterocycles. The van der Waals surface area contributed by atoms with Gasteiger partial charge in [-0.15, -0.1) is 0 Å². The topological polar surface area (TPSA) is 0 Å². The van der Waals surface area contributed by atoms with Crippen LogP contribution in [0.1, 0.15) is 0 Å². The Morgan fingerprint density at radius 2 is 0.418 bits per heavy atom. The Morgan fingerprint density at radius 3 is 0.761 bits per heavy atom. The van der Waals surface area contributed by atoms with Crippen LogP contribution in [-0.4, -0.2) is 0 Å². The highest BCUT2D eigenvalue weighted by Gasteiger charge is 2.29. The predicted molar refractivity (Wildman–Crippen MR) is 289 cm³/mol. The summed E-state index contributed by atoms with van der Waals surface area (Å²) in [6.07, 6.45) is 0. The summed E-state index contributed by atoms with van der Waals surface area (Å²) in [6, 6.07) is 99.2. The highest BCUT2D eigenvalue weighted by molar-refractivity contribution is 9.10. The Balaban J connectivity index is 1.21. The summed E-state index contributed by atoms with van der Waals surface area (Å²) in [7, 11) is 0. The normalized spacial score (nSPS) is 11.1. The summed E-state index contributed by atoms with van der Waals surface area (Å²) in [6.45, 7) is 0. The largest absolute Gasteiger partial charge is 0.0622 e. The van der Waals surface area contributed by atoms with Crippen LogP contribution in [-0.2, 0) is 0 Å². The van der Waals surface area contributed by atoms with E-state index in [1.165, 1.54) is 66.8 Å². The van der Waals surface area contributed by atoms with Crippen LogP contribution in [0.15, 0.2) is 277 Å². The Morgan fingerprint density at radius 1 is 0.164 bits per heavy atom. The van der Waals surface area contributed by atoms with Crippen molar-refractivity contribution >= 4 is 15.9 Å². The first-order valence-corrected chi connectivity index (χ1v) is 23.6. The lowest BCUT2D eigenvalue weighted by atomic mass is 9.74. The third kappa shape index (κ3) is 8.38. The fraction of sp³-hybridized carbons (Fsp3) is 0. The molecular weight excluding hydrogens is 873 g/mol. The zero-order chi connectivity index (χ0) is 44.9. The maximum atomic E-state index is 4.05. The molecule has 0 radical (unpaired) electrons. The van der Waals surface area contributed by atoms with Gasteiger partial charge in [0.15, 0.2) is 0 Å². The summed E-state index contributed by atoms with van der Waals surface area (Å²) < 4.78 is 1.04. The molecule has 11 rings (SSSR count). The maximum Gasteiger partial charge on any atom is 0.0254 e. The summed E-state index contributed by atoms with van der Waals surface area (Å²) in [4.78, 5) is 0. The molecule has 0 fully saturated rings. The Hall–Kier alpha value is -8.10. The van der Waals surface area contributed by atoms with Crippen molar-refractivity contribution in [3.05, 3.63) is 277 Å². The molecule has 67 heavy (non-hydrogen) atoms. The van der Waals surface area contributed by atoms with Crippen LogP contribution in [0, 0.1) is 0 Å². The van der Waals surface area contributed by atoms with E-state index in [9.17, 15) is 0 Å². The van der Waals surface area contributed by atoms with Crippen LogP contribution in [0.2, 0.25) is 0 Å². The molecule has 1 heteroatoms. The van der Waals surface area contributed by atoms with Crippen LogP contribution in [0.5, 0.6) is 0 Å². The summed E-state index contributed by atoms with van der Waals surface area (Å²) in [5.74, 6) is 0.